The fourth-order valence-corrected chi connectivity index (χ4v) is 2.01. The van der Waals surface area contributed by atoms with Crippen LogP contribution in [-0.4, -0.2) is 11.6 Å². The van der Waals surface area contributed by atoms with Gasteiger partial charge in [-0.3, -0.25) is 0 Å². The molecule has 0 fully saturated rings. The molecule has 0 saturated carbocycles. The third-order valence-corrected chi connectivity index (χ3v) is 2.81. The van der Waals surface area contributed by atoms with Crippen molar-refractivity contribution in [2.75, 3.05) is 0 Å². The summed E-state index contributed by atoms with van der Waals surface area (Å²) in [7, 11) is 0. The number of rotatable bonds is 2. The number of carbonyl (C=O) groups excluding carboxylic acids is 1. The van der Waals surface area contributed by atoms with E-state index in [0.29, 0.717) is 5.02 Å². The summed E-state index contributed by atoms with van der Waals surface area (Å²) in [4.78, 5) is 11.5. The summed E-state index contributed by atoms with van der Waals surface area (Å²) in [5, 5.41) is 0.583. The molecule has 0 heterocycles. The van der Waals surface area contributed by atoms with Gasteiger partial charge in [0.2, 0.25) is 0 Å². The molecular formula is C13H14BrClO2. The Bertz CT molecular complexity index is 427. The van der Waals surface area contributed by atoms with E-state index in [4.69, 9.17) is 16.3 Å². The third-order valence-electron chi connectivity index (χ3n) is 1.79. The van der Waals surface area contributed by atoms with Gasteiger partial charge in [0.25, 0.3) is 0 Å². The fraction of sp³-hybridized carbons (Fsp3) is 0.308. The first kappa shape index (κ1) is 14.3. The average molecular weight is 318 g/mol. The van der Waals surface area contributed by atoms with E-state index in [0.717, 1.165) is 10.0 Å². The van der Waals surface area contributed by atoms with Crippen molar-refractivity contribution in [2.45, 2.75) is 26.4 Å². The van der Waals surface area contributed by atoms with Crippen LogP contribution in [0.1, 0.15) is 26.3 Å². The van der Waals surface area contributed by atoms with Crippen LogP contribution >= 0.6 is 27.5 Å². The molecule has 4 heteroatoms. The minimum Gasteiger partial charge on any atom is -0.457 e. The van der Waals surface area contributed by atoms with Crippen LogP contribution in [0.25, 0.3) is 6.08 Å². The van der Waals surface area contributed by atoms with E-state index in [9.17, 15) is 4.79 Å². The second-order valence-electron chi connectivity index (χ2n) is 4.50. The van der Waals surface area contributed by atoms with E-state index >= 15 is 0 Å². The van der Waals surface area contributed by atoms with Crippen molar-refractivity contribution >= 4 is 39.6 Å². The first-order chi connectivity index (χ1) is 7.79. The third kappa shape index (κ3) is 4.92. The molecule has 0 atom stereocenters. The lowest BCUT2D eigenvalue weighted by atomic mass is 10.2. The molecule has 1 aromatic carbocycles. The largest absolute Gasteiger partial charge is 0.457 e. The molecule has 0 radical (unpaired) electrons. The molecule has 0 spiro atoms. The Labute approximate surface area is 115 Å². The Morgan fingerprint density at radius 1 is 1.41 bits per heavy atom. The van der Waals surface area contributed by atoms with E-state index in [1.807, 2.05) is 32.9 Å². The van der Waals surface area contributed by atoms with Gasteiger partial charge in [-0.1, -0.05) is 33.6 Å². The molecule has 1 aromatic rings. The molecule has 0 aliphatic rings. The molecule has 0 aliphatic carbocycles. The van der Waals surface area contributed by atoms with Crippen LogP contribution in [-0.2, 0) is 9.53 Å². The molecule has 0 bridgehead atoms. The van der Waals surface area contributed by atoms with Crippen molar-refractivity contribution in [2.24, 2.45) is 0 Å². The van der Waals surface area contributed by atoms with E-state index in [2.05, 4.69) is 15.9 Å². The van der Waals surface area contributed by atoms with Crippen LogP contribution in [0.3, 0.4) is 0 Å². The Balaban J connectivity index is 2.81. The van der Waals surface area contributed by atoms with Crippen LogP contribution in [0.4, 0.5) is 0 Å². The summed E-state index contributed by atoms with van der Waals surface area (Å²) in [5.41, 5.74) is 0.277. The zero-order valence-electron chi connectivity index (χ0n) is 9.96. The Morgan fingerprint density at radius 2 is 2.06 bits per heavy atom. The van der Waals surface area contributed by atoms with Crippen LogP contribution < -0.4 is 0 Å². The van der Waals surface area contributed by atoms with Gasteiger partial charge >= 0.3 is 5.97 Å². The molecule has 92 valence electrons. The first-order valence-electron chi connectivity index (χ1n) is 5.15. The van der Waals surface area contributed by atoms with Crippen molar-refractivity contribution in [1.29, 1.82) is 0 Å². The maximum Gasteiger partial charge on any atom is 0.331 e. The lowest BCUT2D eigenvalue weighted by Gasteiger charge is -2.17. The number of hydrogen-bond acceptors (Lipinski definition) is 2. The highest BCUT2D eigenvalue weighted by Crippen LogP contribution is 2.25. The van der Waals surface area contributed by atoms with Crippen LogP contribution in [0.5, 0.6) is 0 Å². The highest BCUT2D eigenvalue weighted by molar-refractivity contribution is 9.10. The molecular weight excluding hydrogens is 303 g/mol. The molecule has 0 aromatic heterocycles. The first-order valence-corrected chi connectivity index (χ1v) is 6.32. The second-order valence-corrected chi connectivity index (χ2v) is 5.76. The summed E-state index contributed by atoms with van der Waals surface area (Å²) in [6.07, 6.45) is 3.01. The van der Waals surface area contributed by atoms with Crippen molar-refractivity contribution < 1.29 is 9.53 Å². The van der Waals surface area contributed by atoms with Gasteiger partial charge in [-0.05, 0) is 39.0 Å². The average Bonchev–Trinajstić information content (AvgIpc) is 2.14. The smallest absolute Gasteiger partial charge is 0.331 e. The number of carbonyl (C=O) groups is 1. The molecule has 2 nitrogen and oxygen atoms in total. The topological polar surface area (TPSA) is 26.3 Å². The van der Waals surface area contributed by atoms with Crippen molar-refractivity contribution in [1.82, 2.24) is 0 Å². The molecule has 0 aliphatic heterocycles. The SMILES string of the molecule is CC(C)(C)OC(=O)C=Cc1c(Cl)cccc1Br. The molecule has 0 saturated heterocycles. The van der Waals surface area contributed by atoms with Gasteiger partial charge < -0.3 is 4.74 Å². The maximum atomic E-state index is 11.5. The summed E-state index contributed by atoms with van der Waals surface area (Å²) in [6.45, 7) is 5.47. The van der Waals surface area contributed by atoms with Crippen LogP contribution in [0.2, 0.25) is 5.02 Å². The molecule has 1 rings (SSSR count). The van der Waals surface area contributed by atoms with Gasteiger partial charge in [-0.2, -0.15) is 0 Å². The van der Waals surface area contributed by atoms with Gasteiger partial charge in [0.05, 0.1) is 0 Å². The quantitative estimate of drug-likeness (QED) is 0.595. The maximum absolute atomic E-state index is 11.5. The molecule has 0 unspecified atom stereocenters. The van der Waals surface area contributed by atoms with Gasteiger partial charge in [0, 0.05) is 21.1 Å². The lowest BCUT2D eigenvalue weighted by molar-refractivity contribution is -0.148. The lowest BCUT2D eigenvalue weighted by Crippen LogP contribution is -2.22. The molecule has 0 amide bonds. The van der Waals surface area contributed by atoms with Crippen molar-refractivity contribution in [3.63, 3.8) is 0 Å². The summed E-state index contributed by atoms with van der Waals surface area (Å²) >= 11 is 9.38. The van der Waals surface area contributed by atoms with Crippen LogP contribution in [0.15, 0.2) is 28.7 Å². The van der Waals surface area contributed by atoms with Crippen molar-refractivity contribution in [3.8, 4) is 0 Å². The zero-order valence-corrected chi connectivity index (χ0v) is 12.3. The standard InChI is InChI=1S/C13H14BrClO2/c1-13(2,3)17-12(16)8-7-9-10(14)5-4-6-11(9)15/h4-8H,1-3H3. The Kier molecular flexibility index (Phi) is 4.78. The van der Waals surface area contributed by atoms with Gasteiger partial charge in [0.1, 0.15) is 5.60 Å². The number of halogens is 2. The number of hydrogen-bond donors (Lipinski definition) is 0. The van der Waals surface area contributed by atoms with Gasteiger partial charge in [-0.15, -0.1) is 0 Å². The monoisotopic (exact) mass is 316 g/mol. The predicted molar refractivity (Wildman–Crippen MR) is 74.0 cm³/mol. The van der Waals surface area contributed by atoms with E-state index in [1.165, 1.54) is 6.08 Å². The summed E-state index contributed by atoms with van der Waals surface area (Å²) in [5.74, 6) is -0.385. The van der Waals surface area contributed by atoms with E-state index in [-0.39, 0.29) is 5.97 Å². The summed E-state index contributed by atoms with van der Waals surface area (Å²) in [6, 6.07) is 5.46. The Morgan fingerprint density at radius 3 is 2.59 bits per heavy atom. The minimum absolute atomic E-state index is 0.385. The zero-order chi connectivity index (χ0) is 13.1. The van der Waals surface area contributed by atoms with Gasteiger partial charge in [0.15, 0.2) is 0 Å². The predicted octanol–water partition coefficient (Wildman–Crippen LogP) is 4.46. The Hall–Kier alpha value is -0.800. The van der Waals surface area contributed by atoms with E-state index < -0.39 is 5.60 Å². The van der Waals surface area contributed by atoms with Gasteiger partial charge in [-0.25, -0.2) is 4.79 Å². The number of ether oxygens (including phenoxy) is 1. The number of esters is 1. The fourth-order valence-electron chi connectivity index (χ4n) is 1.16. The normalized spacial score (nSPS) is 11.8. The number of benzene rings is 1. The van der Waals surface area contributed by atoms with E-state index in [1.54, 1.807) is 12.1 Å². The highest BCUT2D eigenvalue weighted by atomic mass is 79.9. The highest BCUT2D eigenvalue weighted by Gasteiger charge is 2.14. The summed E-state index contributed by atoms with van der Waals surface area (Å²) < 4.78 is 5.99. The van der Waals surface area contributed by atoms with Crippen molar-refractivity contribution in [3.05, 3.63) is 39.3 Å². The minimum atomic E-state index is -0.487. The molecule has 0 N–H and O–H groups in total. The molecule has 17 heavy (non-hydrogen) atoms. The second kappa shape index (κ2) is 5.69. The van der Waals surface area contributed by atoms with Crippen LogP contribution in [0, 0.1) is 0 Å².